The number of phenols is 1. The molecule has 3 amide bonds. The summed E-state index contributed by atoms with van der Waals surface area (Å²) in [5.74, 6) is -2.25. The minimum atomic E-state index is -0.938. The van der Waals surface area contributed by atoms with E-state index in [9.17, 15) is 19.5 Å². The van der Waals surface area contributed by atoms with Gasteiger partial charge in [0.1, 0.15) is 5.75 Å². The van der Waals surface area contributed by atoms with Crippen molar-refractivity contribution in [3.63, 3.8) is 0 Å². The van der Waals surface area contributed by atoms with Gasteiger partial charge in [-0.1, -0.05) is 36.4 Å². The van der Waals surface area contributed by atoms with Crippen molar-refractivity contribution in [2.75, 3.05) is 27.4 Å². The number of fused-ring (bicyclic) bond motifs is 3. The lowest BCUT2D eigenvalue weighted by Crippen LogP contribution is -2.38. The predicted molar refractivity (Wildman–Crippen MR) is 149 cm³/mol. The second-order valence-corrected chi connectivity index (χ2v) is 10.8. The zero-order chi connectivity index (χ0) is 28.6. The second-order valence-electron chi connectivity index (χ2n) is 10.8. The summed E-state index contributed by atoms with van der Waals surface area (Å²) >= 11 is 0. The van der Waals surface area contributed by atoms with Gasteiger partial charge in [-0.25, -0.2) is 4.79 Å². The van der Waals surface area contributed by atoms with Crippen LogP contribution in [-0.2, 0) is 23.8 Å². The molecule has 8 nitrogen and oxygen atoms in total. The SMILES string of the molecule is COCC1=C2[C@@H](CC/C(=C/c3cc(C)c(O)c(C)c3)c3ccccc3)OC[C@@H]2[C@@H]2C(=O)N(C(=O)OC)C(=O)[C@@H]2C1. The number of nitrogens with zero attached hydrogens (tertiary/aromatic N) is 1. The lowest BCUT2D eigenvalue weighted by atomic mass is 9.69. The molecule has 2 fully saturated rings. The molecule has 4 atom stereocenters. The summed E-state index contributed by atoms with van der Waals surface area (Å²) < 4.78 is 16.5. The maximum absolute atomic E-state index is 13.3. The summed E-state index contributed by atoms with van der Waals surface area (Å²) in [5, 5.41) is 10.2. The van der Waals surface area contributed by atoms with Crippen LogP contribution in [0.2, 0.25) is 0 Å². The molecule has 0 unspecified atom stereocenters. The Morgan fingerprint density at radius 3 is 2.42 bits per heavy atom. The Bertz CT molecular complexity index is 1370. The number of carbonyl (C=O) groups excluding carboxylic acids is 3. The molecule has 3 aliphatic rings. The minimum Gasteiger partial charge on any atom is -0.507 e. The number of aromatic hydroxyl groups is 1. The number of likely N-dealkylation sites (tertiary alicyclic amines) is 1. The number of methoxy groups -OCH3 is 2. The number of ether oxygens (including phenoxy) is 3. The molecule has 0 bridgehead atoms. The second kappa shape index (κ2) is 11.4. The predicted octanol–water partition coefficient (Wildman–Crippen LogP) is 5.06. The highest BCUT2D eigenvalue weighted by Gasteiger charge is 2.58. The number of hydrogen-bond donors (Lipinski definition) is 1. The summed E-state index contributed by atoms with van der Waals surface area (Å²) in [7, 11) is 2.78. The normalized spacial score (nSPS) is 24.4. The zero-order valence-corrected chi connectivity index (χ0v) is 23.3. The Hall–Kier alpha value is -3.75. The van der Waals surface area contributed by atoms with Crippen molar-refractivity contribution in [1.82, 2.24) is 4.90 Å². The highest BCUT2D eigenvalue weighted by atomic mass is 16.5. The summed E-state index contributed by atoms with van der Waals surface area (Å²) in [4.78, 5) is 39.2. The molecule has 40 heavy (non-hydrogen) atoms. The molecule has 1 N–H and O–H groups in total. The van der Waals surface area contributed by atoms with Crippen molar-refractivity contribution in [3.8, 4) is 5.75 Å². The molecule has 210 valence electrons. The van der Waals surface area contributed by atoms with Crippen molar-refractivity contribution in [3.05, 3.63) is 75.9 Å². The van der Waals surface area contributed by atoms with E-state index in [1.54, 1.807) is 7.11 Å². The highest BCUT2D eigenvalue weighted by Crippen LogP contribution is 2.50. The van der Waals surface area contributed by atoms with Crippen LogP contribution in [0.15, 0.2) is 53.6 Å². The fraction of sp³-hybridized carbons (Fsp3) is 0.406. The largest absolute Gasteiger partial charge is 0.507 e. The van der Waals surface area contributed by atoms with Crippen LogP contribution in [0.5, 0.6) is 5.75 Å². The Kier molecular flexibility index (Phi) is 7.92. The van der Waals surface area contributed by atoms with Crippen LogP contribution in [0, 0.1) is 31.6 Å². The van der Waals surface area contributed by atoms with Crippen molar-refractivity contribution >= 4 is 29.6 Å². The molecule has 2 aromatic carbocycles. The Morgan fingerprint density at radius 2 is 1.77 bits per heavy atom. The minimum absolute atomic E-state index is 0.235. The quantitative estimate of drug-likeness (QED) is 0.295. The van der Waals surface area contributed by atoms with Crippen LogP contribution in [0.4, 0.5) is 4.79 Å². The van der Waals surface area contributed by atoms with Crippen LogP contribution in [0.3, 0.4) is 0 Å². The molecule has 2 heterocycles. The number of hydrogen-bond acceptors (Lipinski definition) is 7. The molecule has 8 heteroatoms. The van der Waals surface area contributed by atoms with Crippen molar-refractivity contribution in [2.45, 2.75) is 39.2 Å². The van der Waals surface area contributed by atoms with Crippen molar-refractivity contribution < 1.29 is 33.7 Å². The highest BCUT2D eigenvalue weighted by molar-refractivity contribution is 6.16. The van der Waals surface area contributed by atoms with E-state index < -0.39 is 29.7 Å². The Labute approximate surface area is 234 Å². The van der Waals surface area contributed by atoms with Gasteiger partial charge in [-0.05, 0) is 84.2 Å². The van der Waals surface area contributed by atoms with Crippen LogP contribution < -0.4 is 0 Å². The molecule has 2 saturated heterocycles. The molecular weight excluding hydrogens is 510 g/mol. The third-order valence-corrected chi connectivity index (χ3v) is 8.36. The number of amides is 3. The van der Waals surface area contributed by atoms with Gasteiger partial charge in [-0.15, -0.1) is 0 Å². The first kappa shape index (κ1) is 27.8. The van der Waals surface area contributed by atoms with E-state index in [2.05, 4.69) is 18.2 Å². The third-order valence-electron chi connectivity index (χ3n) is 8.36. The zero-order valence-electron chi connectivity index (χ0n) is 23.3. The number of imide groups is 3. The fourth-order valence-corrected chi connectivity index (χ4v) is 6.56. The lowest BCUT2D eigenvalue weighted by Gasteiger charge is -2.31. The van der Waals surface area contributed by atoms with Gasteiger partial charge >= 0.3 is 6.09 Å². The van der Waals surface area contributed by atoms with E-state index in [0.717, 1.165) is 46.1 Å². The first-order chi connectivity index (χ1) is 19.2. The van der Waals surface area contributed by atoms with Crippen LogP contribution >= 0.6 is 0 Å². The number of phenolic OH excluding ortho intramolecular Hbond substituents is 1. The molecule has 0 aromatic heterocycles. The third kappa shape index (κ3) is 4.97. The van der Waals surface area contributed by atoms with E-state index in [0.29, 0.717) is 43.1 Å². The van der Waals surface area contributed by atoms with E-state index in [1.165, 1.54) is 0 Å². The number of rotatable bonds is 7. The molecule has 2 aliphatic heterocycles. The molecule has 0 radical (unpaired) electrons. The average molecular weight is 546 g/mol. The summed E-state index contributed by atoms with van der Waals surface area (Å²) in [6.45, 7) is 4.43. The van der Waals surface area contributed by atoms with Crippen LogP contribution in [0.1, 0.15) is 41.5 Å². The van der Waals surface area contributed by atoms with Gasteiger partial charge in [-0.2, -0.15) is 4.90 Å². The lowest BCUT2D eigenvalue weighted by molar-refractivity contribution is -0.137. The van der Waals surface area contributed by atoms with Gasteiger partial charge < -0.3 is 19.3 Å². The van der Waals surface area contributed by atoms with E-state index in [4.69, 9.17) is 14.2 Å². The van der Waals surface area contributed by atoms with Gasteiger partial charge in [0.05, 0.1) is 38.3 Å². The molecule has 2 aromatic rings. The topological polar surface area (TPSA) is 102 Å². The van der Waals surface area contributed by atoms with E-state index in [1.807, 2.05) is 44.2 Å². The maximum atomic E-state index is 13.3. The monoisotopic (exact) mass is 545 g/mol. The maximum Gasteiger partial charge on any atom is 0.423 e. The average Bonchev–Trinajstić information content (AvgIpc) is 3.48. The van der Waals surface area contributed by atoms with Crippen LogP contribution in [-0.4, -0.2) is 61.5 Å². The Morgan fingerprint density at radius 1 is 1.07 bits per heavy atom. The Balaban J connectivity index is 1.44. The first-order valence-electron chi connectivity index (χ1n) is 13.6. The summed E-state index contributed by atoms with van der Waals surface area (Å²) in [6, 6.07) is 14.1. The smallest absolute Gasteiger partial charge is 0.423 e. The molecular formula is C32H35NO7. The van der Waals surface area contributed by atoms with Crippen molar-refractivity contribution in [1.29, 1.82) is 0 Å². The summed E-state index contributed by atoms with van der Waals surface area (Å²) in [6.07, 6.45) is 2.72. The van der Waals surface area contributed by atoms with Crippen LogP contribution in [0.25, 0.3) is 11.6 Å². The van der Waals surface area contributed by atoms with Gasteiger partial charge in [0.2, 0.25) is 11.8 Å². The van der Waals surface area contributed by atoms with Crippen molar-refractivity contribution in [2.24, 2.45) is 17.8 Å². The molecule has 0 saturated carbocycles. The molecule has 1 aliphatic carbocycles. The fourth-order valence-electron chi connectivity index (χ4n) is 6.56. The van der Waals surface area contributed by atoms with Gasteiger partial charge in [0, 0.05) is 13.0 Å². The molecule has 0 spiro atoms. The van der Waals surface area contributed by atoms with Gasteiger partial charge in [0.15, 0.2) is 0 Å². The molecule has 5 rings (SSSR count). The van der Waals surface area contributed by atoms with Gasteiger partial charge in [-0.3, -0.25) is 9.59 Å². The summed E-state index contributed by atoms with van der Waals surface area (Å²) in [5.41, 5.74) is 6.88. The first-order valence-corrected chi connectivity index (χ1v) is 13.6. The number of aryl methyl sites for hydroxylation is 2. The van der Waals surface area contributed by atoms with Gasteiger partial charge in [0.25, 0.3) is 0 Å². The number of allylic oxidation sites excluding steroid dienone is 1. The number of carbonyl (C=O) groups is 3. The number of benzene rings is 2. The standard InChI is InChI=1S/C32H35NO7/c1-18-12-20(13-19(2)29(18)34)14-22(21-8-6-5-7-9-21)10-11-26-27-23(16-38-3)15-24-28(25(27)17-40-26)31(36)33(30(24)35)32(37)39-4/h5-9,12-14,24-26,28,34H,10-11,15-17H2,1-4H3/b22-14-/t24-,25+,26-,28-/m1/s1. The van der Waals surface area contributed by atoms with E-state index in [-0.39, 0.29) is 12.0 Å². The van der Waals surface area contributed by atoms with E-state index >= 15 is 0 Å².